The first kappa shape index (κ1) is 25.2. The highest BCUT2D eigenvalue weighted by Crippen LogP contribution is 2.41. The molecule has 0 radical (unpaired) electrons. The van der Waals surface area contributed by atoms with Crippen molar-refractivity contribution in [3.05, 3.63) is 59.7 Å². The molecular weight excluding hydrogens is 408 g/mol. The number of rotatable bonds is 13. The lowest BCUT2D eigenvalue weighted by Gasteiger charge is -2.34. The minimum Gasteiger partial charge on any atom is -0.508 e. The lowest BCUT2D eigenvalue weighted by Crippen LogP contribution is -2.40. The molecule has 0 fully saturated rings. The van der Waals surface area contributed by atoms with Gasteiger partial charge in [0.1, 0.15) is 17.5 Å². The van der Waals surface area contributed by atoms with Gasteiger partial charge in [0.25, 0.3) is 0 Å². The first-order chi connectivity index (χ1) is 15.3. The van der Waals surface area contributed by atoms with Gasteiger partial charge in [-0.05, 0) is 80.5 Å². The van der Waals surface area contributed by atoms with Crippen LogP contribution >= 0.6 is 0 Å². The van der Waals surface area contributed by atoms with Crippen LogP contribution in [0.4, 0.5) is 0 Å². The van der Waals surface area contributed by atoms with E-state index in [0.29, 0.717) is 32.2 Å². The molecule has 1 amide bonds. The zero-order chi connectivity index (χ0) is 23.6. The number of carboxylic acid groups (broad SMARTS) is 1. The van der Waals surface area contributed by atoms with Gasteiger partial charge in [-0.3, -0.25) is 4.79 Å². The summed E-state index contributed by atoms with van der Waals surface area (Å²) in [6.07, 6.45) is 3.89. The van der Waals surface area contributed by atoms with Gasteiger partial charge in [0, 0.05) is 11.8 Å². The van der Waals surface area contributed by atoms with Crippen molar-refractivity contribution in [2.24, 2.45) is 5.73 Å². The van der Waals surface area contributed by atoms with Gasteiger partial charge < -0.3 is 26.4 Å². The number of aromatic hydroxyl groups is 2. The molecule has 2 aromatic rings. The third-order valence-corrected chi connectivity index (χ3v) is 6.03. The number of carbonyl (C=O) groups excluding carboxylic acids is 1. The highest BCUT2D eigenvalue weighted by atomic mass is 16.4. The van der Waals surface area contributed by atoms with Gasteiger partial charge in [-0.25, -0.2) is 4.79 Å². The molecule has 0 aliphatic heterocycles. The second-order valence-electron chi connectivity index (χ2n) is 8.13. The van der Waals surface area contributed by atoms with Gasteiger partial charge in [0.15, 0.2) is 0 Å². The molecule has 0 unspecified atom stereocenters. The Labute approximate surface area is 189 Å². The number of unbranched alkanes of at least 4 members (excludes halogenated alkanes) is 1. The van der Waals surface area contributed by atoms with E-state index in [1.807, 2.05) is 24.3 Å². The maximum Gasteiger partial charge on any atom is 0.326 e. The van der Waals surface area contributed by atoms with E-state index < -0.39 is 17.4 Å². The molecule has 0 aliphatic rings. The lowest BCUT2D eigenvalue weighted by atomic mass is 9.69. The number of carbonyl (C=O) groups is 2. The number of nitrogens with one attached hydrogen (secondary N) is 1. The largest absolute Gasteiger partial charge is 0.508 e. The number of hydrogen-bond donors (Lipinski definition) is 5. The predicted octanol–water partition coefficient (Wildman–Crippen LogP) is 3.66. The molecule has 32 heavy (non-hydrogen) atoms. The van der Waals surface area contributed by atoms with Crippen LogP contribution in [0.5, 0.6) is 11.5 Å². The molecule has 2 rings (SSSR count). The summed E-state index contributed by atoms with van der Waals surface area (Å²) in [7, 11) is 0. The van der Waals surface area contributed by atoms with Gasteiger partial charge in [-0.15, -0.1) is 0 Å². The van der Waals surface area contributed by atoms with Crippen molar-refractivity contribution >= 4 is 11.9 Å². The molecule has 6 N–H and O–H groups in total. The van der Waals surface area contributed by atoms with E-state index in [4.69, 9.17) is 5.73 Å². The number of phenols is 2. The number of amides is 1. The van der Waals surface area contributed by atoms with Crippen LogP contribution in [-0.2, 0) is 15.0 Å². The van der Waals surface area contributed by atoms with E-state index >= 15 is 0 Å². The number of nitrogens with two attached hydrogens (primary N) is 1. The molecule has 0 aliphatic carbocycles. The Kier molecular flexibility index (Phi) is 9.53. The molecule has 2 aromatic carbocycles. The van der Waals surface area contributed by atoms with Crippen LogP contribution in [0.3, 0.4) is 0 Å². The maximum atomic E-state index is 12.5. The first-order valence-corrected chi connectivity index (χ1v) is 11.1. The second kappa shape index (κ2) is 12.1. The number of phenolic OH excluding ortho intramolecular Hbond substituents is 2. The Morgan fingerprint density at radius 3 is 1.91 bits per heavy atom. The van der Waals surface area contributed by atoms with Gasteiger partial charge >= 0.3 is 5.97 Å². The number of hydrogen-bond acceptors (Lipinski definition) is 5. The standard InChI is InChI=1S/C25H34N2O5/c1-2-25(18-8-12-20(28)13-9-18,19-10-14-21(29)15-11-19)16-5-7-23(30)27-22(24(31)32)6-3-4-17-26/h8-15,22,28-29H,2-7,16-17,26H2,1H3,(H,27,30)(H,31,32)/t22-/m0/s1. The molecule has 0 aromatic heterocycles. The molecule has 0 spiro atoms. The van der Waals surface area contributed by atoms with Crippen molar-refractivity contribution < 1.29 is 24.9 Å². The zero-order valence-corrected chi connectivity index (χ0v) is 18.6. The fourth-order valence-corrected chi connectivity index (χ4v) is 4.17. The van der Waals surface area contributed by atoms with Gasteiger partial charge in [0.2, 0.25) is 5.91 Å². The fraction of sp³-hybridized carbons (Fsp3) is 0.440. The summed E-state index contributed by atoms with van der Waals surface area (Å²) < 4.78 is 0. The fourth-order valence-electron chi connectivity index (χ4n) is 4.17. The molecule has 0 bridgehead atoms. The molecule has 7 heteroatoms. The summed E-state index contributed by atoms with van der Waals surface area (Å²) in [5.41, 5.74) is 7.07. The van der Waals surface area contributed by atoms with Gasteiger partial charge in [-0.2, -0.15) is 0 Å². The second-order valence-corrected chi connectivity index (χ2v) is 8.13. The monoisotopic (exact) mass is 442 g/mol. The van der Waals surface area contributed by atoms with E-state index in [-0.39, 0.29) is 23.8 Å². The van der Waals surface area contributed by atoms with E-state index in [0.717, 1.165) is 24.0 Å². The maximum absolute atomic E-state index is 12.5. The summed E-state index contributed by atoms with van der Waals surface area (Å²) in [5.74, 6) is -0.964. The van der Waals surface area contributed by atoms with Crippen molar-refractivity contribution in [2.45, 2.75) is 63.3 Å². The Morgan fingerprint density at radius 2 is 1.47 bits per heavy atom. The minimum atomic E-state index is -1.04. The molecule has 0 saturated carbocycles. The van der Waals surface area contributed by atoms with Crippen LogP contribution < -0.4 is 11.1 Å². The molecule has 1 atom stereocenters. The third kappa shape index (κ3) is 6.72. The Bertz CT molecular complexity index is 819. The molecule has 0 heterocycles. The van der Waals surface area contributed by atoms with E-state index in [9.17, 15) is 24.9 Å². The molecular formula is C25H34N2O5. The zero-order valence-electron chi connectivity index (χ0n) is 18.6. The Morgan fingerprint density at radius 1 is 0.938 bits per heavy atom. The predicted molar refractivity (Wildman–Crippen MR) is 124 cm³/mol. The van der Waals surface area contributed by atoms with Crippen molar-refractivity contribution in [1.29, 1.82) is 0 Å². The van der Waals surface area contributed by atoms with Crippen LogP contribution in [0.2, 0.25) is 0 Å². The summed E-state index contributed by atoms with van der Waals surface area (Å²) in [5, 5.41) is 31.4. The highest BCUT2D eigenvalue weighted by Gasteiger charge is 2.32. The average Bonchev–Trinajstić information content (AvgIpc) is 2.77. The third-order valence-electron chi connectivity index (χ3n) is 6.03. The SMILES string of the molecule is CCC(CCCC(=O)N[C@@H](CCCCN)C(=O)O)(c1ccc(O)cc1)c1ccc(O)cc1. The van der Waals surface area contributed by atoms with Crippen LogP contribution in [0.15, 0.2) is 48.5 Å². The molecule has 7 nitrogen and oxygen atoms in total. The normalized spacial score (nSPS) is 12.3. The smallest absolute Gasteiger partial charge is 0.326 e. The van der Waals surface area contributed by atoms with Gasteiger partial charge in [0.05, 0.1) is 0 Å². The number of benzene rings is 2. The van der Waals surface area contributed by atoms with Crippen molar-refractivity contribution in [3.63, 3.8) is 0 Å². The summed E-state index contributed by atoms with van der Waals surface area (Å²) in [6, 6.07) is 13.2. The first-order valence-electron chi connectivity index (χ1n) is 11.1. The Balaban J connectivity index is 2.13. The van der Waals surface area contributed by atoms with Crippen molar-refractivity contribution in [3.8, 4) is 11.5 Å². The van der Waals surface area contributed by atoms with Crippen LogP contribution in [0.25, 0.3) is 0 Å². The lowest BCUT2D eigenvalue weighted by molar-refractivity contribution is -0.142. The van der Waals surface area contributed by atoms with Crippen LogP contribution in [-0.4, -0.2) is 39.8 Å². The molecule has 0 saturated heterocycles. The number of carboxylic acids is 1. The van der Waals surface area contributed by atoms with Crippen molar-refractivity contribution in [2.75, 3.05) is 6.54 Å². The van der Waals surface area contributed by atoms with Gasteiger partial charge in [-0.1, -0.05) is 31.2 Å². The van der Waals surface area contributed by atoms with Crippen molar-refractivity contribution in [1.82, 2.24) is 5.32 Å². The quantitative estimate of drug-likeness (QED) is 0.301. The van der Waals surface area contributed by atoms with E-state index in [1.165, 1.54) is 0 Å². The van der Waals surface area contributed by atoms with Crippen LogP contribution in [0, 0.1) is 0 Å². The van der Waals surface area contributed by atoms with Crippen LogP contribution in [0.1, 0.15) is 63.0 Å². The summed E-state index contributed by atoms with van der Waals surface area (Å²) in [6.45, 7) is 2.56. The minimum absolute atomic E-state index is 0.179. The average molecular weight is 443 g/mol. The number of aliphatic carboxylic acids is 1. The van der Waals surface area contributed by atoms with E-state index in [1.54, 1.807) is 24.3 Å². The summed E-state index contributed by atoms with van der Waals surface area (Å²) >= 11 is 0. The Hall–Kier alpha value is -3.06. The topological polar surface area (TPSA) is 133 Å². The highest BCUT2D eigenvalue weighted by molar-refractivity contribution is 5.83. The van der Waals surface area contributed by atoms with E-state index in [2.05, 4.69) is 12.2 Å². The molecule has 174 valence electrons. The summed E-state index contributed by atoms with van der Waals surface area (Å²) in [4.78, 5) is 23.9.